The van der Waals surface area contributed by atoms with Gasteiger partial charge in [0, 0.05) is 32.3 Å². The van der Waals surface area contributed by atoms with Crippen LogP contribution in [0.1, 0.15) is 16.8 Å². The number of hydrogen-bond acceptors (Lipinski definition) is 5. The molecule has 0 radical (unpaired) electrons. The molecule has 20 heavy (non-hydrogen) atoms. The van der Waals surface area contributed by atoms with Gasteiger partial charge in [0.25, 0.3) is 0 Å². The average Bonchev–Trinajstić information content (AvgIpc) is 2.47. The highest BCUT2D eigenvalue weighted by Gasteiger charge is 2.05. The van der Waals surface area contributed by atoms with Gasteiger partial charge in [-0.05, 0) is 18.2 Å². The predicted octanol–water partition coefficient (Wildman–Crippen LogP) is 1.04. The molecular formula is C14H20N2O4. The molecule has 0 heterocycles. The molecule has 6 heteroatoms. The highest BCUT2D eigenvalue weighted by molar-refractivity contribution is 5.90. The molecular weight excluding hydrogens is 260 g/mol. The fourth-order valence-electron chi connectivity index (χ4n) is 1.58. The number of benzene rings is 1. The lowest BCUT2D eigenvalue weighted by molar-refractivity contribution is -0.121. The van der Waals surface area contributed by atoms with Gasteiger partial charge in [0.05, 0.1) is 19.3 Å². The molecule has 0 aliphatic carbocycles. The number of carbonyl (C=O) groups excluding carboxylic acids is 2. The van der Waals surface area contributed by atoms with Gasteiger partial charge in [0.15, 0.2) is 0 Å². The summed E-state index contributed by atoms with van der Waals surface area (Å²) < 4.78 is 9.48. The van der Waals surface area contributed by atoms with Gasteiger partial charge in [0.2, 0.25) is 5.91 Å². The number of amides is 1. The summed E-state index contributed by atoms with van der Waals surface area (Å²) in [5, 5.41) is 5.82. The van der Waals surface area contributed by atoms with Crippen molar-refractivity contribution in [1.82, 2.24) is 5.32 Å². The van der Waals surface area contributed by atoms with E-state index >= 15 is 0 Å². The van der Waals surface area contributed by atoms with Gasteiger partial charge in [0.1, 0.15) is 0 Å². The monoisotopic (exact) mass is 280 g/mol. The largest absolute Gasteiger partial charge is 0.465 e. The maximum atomic E-state index is 11.4. The van der Waals surface area contributed by atoms with E-state index in [4.69, 9.17) is 4.74 Å². The van der Waals surface area contributed by atoms with Crippen molar-refractivity contribution in [3.8, 4) is 0 Å². The van der Waals surface area contributed by atoms with Crippen LogP contribution in [0.4, 0.5) is 5.69 Å². The number of carbonyl (C=O) groups is 2. The molecule has 0 aliphatic rings. The normalized spacial score (nSPS) is 9.90. The van der Waals surface area contributed by atoms with Crippen molar-refractivity contribution < 1.29 is 19.1 Å². The summed E-state index contributed by atoms with van der Waals surface area (Å²) >= 11 is 0. The molecule has 0 aliphatic heterocycles. The van der Waals surface area contributed by atoms with Gasteiger partial charge in [-0.3, -0.25) is 4.79 Å². The lowest BCUT2D eigenvalue weighted by atomic mass is 10.2. The summed E-state index contributed by atoms with van der Waals surface area (Å²) in [6, 6.07) is 6.95. The number of ether oxygens (including phenoxy) is 2. The van der Waals surface area contributed by atoms with Crippen LogP contribution in [0.15, 0.2) is 24.3 Å². The van der Waals surface area contributed by atoms with Crippen LogP contribution >= 0.6 is 0 Å². The van der Waals surface area contributed by atoms with Crippen LogP contribution in [0.2, 0.25) is 0 Å². The van der Waals surface area contributed by atoms with Crippen molar-refractivity contribution in [3.63, 3.8) is 0 Å². The molecule has 0 saturated heterocycles. The Balaban J connectivity index is 2.35. The third-order valence-electron chi connectivity index (χ3n) is 2.59. The van der Waals surface area contributed by atoms with Crippen molar-refractivity contribution in [3.05, 3.63) is 29.8 Å². The fraction of sp³-hybridized carbons (Fsp3) is 0.429. The predicted molar refractivity (Wildman–Crippen MR) is 75.8 cm³/mol. The SMILES string of the molecule is COCCNC(=O)CCNc1cccc(C(=O)OC)c1. The van der Waals surface area contributed by atoms with Crippen molar-refractivity contribution in [2.45, 2.75) is 6.42 Å². The summed E-state index contributed by atoms with van der Waals surface area (Å²) in [6.45, 7) is 1.50. The number of methoxy groups -OCH3 is 2. The molecule has 6 nitrogen and oxygen atoms in total. The summed E-state index contributed by atoms with van der Waals surface area (Å²) in [4.78, 5) is 22.8. The standard InChI is InChI=1S/C14H20N2O4/c1-19-9-8-16-13(17)6-7-15-12-5-3-4-11(10-12)14(18)20-2/h3-5,10,15H,6-9H2,1-2H3,(H,16,17). The van der Waals surface area contributed by atoms with Crippen molar-refractivity contribution in [2.24, 2.45) is 0 Å². The minimum atomic E-state index is -0.383. The van der Waals surface area contributed by atoms with E-state index in [9.17, 15) is 9.59 Å². The van der Waals surface area contributed by atoms with Crippen molar-refractivity contribution in [1.29, 1.82) is 0 Å². The number of rotatable bonds is 8. The van der Waals surface area contributed by atoms with E-state index in [0.29, 0.717) is 31.7 Å². The Morgan fingerprint density at radius 1 is 1.20 bits per heavy atom. The molecule has 0 fully saturated rings. The zero-order chi connectivity index (χ0) is 14.8. The lowest BCUT2D eigenvalue weighted by Gasteiger charge is -2.08. The Hall–Kier alpha value is -2.08. The van der Waals surface area contributed by atoms with Crippen molar-refractivity contribution >= 4 is 17.6 Å². The second kappa shape index (κ2) is 8.92. The van der Waals surface area contributed by atoms with E-state index in [1.807, 2.05) is 6.07 Å². The quantitative estimate of drug-likeness (QED) is 0.549. The zero-order valence-corrected chi connectivity index (χ0v) is 11.8. The molecule has 0 unspecified atom stereocenters. The maximum absolute atomic E-state index is 11.4. The first-order valence-corrected chi connectivity index (χ1v) is 6.35. The smallest absolute Gasteiger partial charge is 0.337 e. The molecule has 110 valence electrons. The fourth-order valence-corrected chi connectivity index (χ4v) is 1.58. The zero-order valence-electron chi connectivity index (χ0n) is 11.8. The summed E-state index contributed by atoms with van der Waals surface area (Å²) in [5.41, 5.74) is 1.25. The third-order valence-corrected chi connectivity index (χ3v) is 2.59. The first-order valence-electron chi connectivity index (χ1n) is 6.35. The molecule has 0 aromatic heterocycles. The van der Waals surface area contributed by atoms with E-state index < -0.39 is 0 Å². The molecule has 0 spiro atoms. The molecule has 1 aromatic carbocycles. The van der Waals surface area contributed by atoms with E-state index in [-0.39, 0.29) is 11.9 Å². The molecule has 0 bridgehead atoms. The number of nitrogens with one attached hydrogen (secondary N) is 2. The minimum absolute atomic E-state index is 0.0429. The molecule has 0 atom stereocenters. The number of hydrogen-bond donors (Lipinski definition) is 2. The molecule has 0 saturated carbocycles. The lowest BCUT2D eigenvalue weighted by Crippen LogP contribution is -2.28. The number of esters is 1. The minimum Gasteiger partial charge on any atom is -0.465 e. The van der Waals surface area contributed by atoms with Crippen LogP contribution < -0.4 is 10.6 Å². The average molecular weight is 280 g/mol. The van der Waals surface area contributed by atoms with E-state index in [1.165, 1.54) is 7.11 Å². The first kappa shape index (κ1) is 16.0. The van der Waals surface area contributed by atoms with E-state index in [2.05, 4.69) is 15.4 Å². The summed E-state index contributed by atoms with van der Waals surface area (Å²) in [7, 11) is 2.93. The second-order valence-electron chi connectivity index (χ2n) is 4.09. The number of anilines is 1. The van der Waals surface area contributed by atoms with Crippen LogP contribution in [-0.2, 0) is 14.3 Å². The van der Waals surface area contributed by atoms with Crippen LogP contribution in [0.3, 0.4) is 0 Å². The molecule has 1 amide bonds. The Morgan fingerprint density at radius 3 is 2.70 bits per heavy atom. The van der Waals surface area contributed by atoms with Crippen LogP contribution in [0, 0.1) is 0 Å². The first-order chi connectivity index (χ1) is 9.67. The Morgan fingerprint density at radius 2 is 2.00 bits per heavy atom. The highest BCUT2D eigenvalue weighted by Crippen LogP contribution is 2.11. The van der Waals surface area contributed by atoms with Gasteiger partial charge in [-0.2, -0.15) is 0 Å². The molecule has 2 N–H and O–H groups in total. The Kier molecular flexibility index (Phi) is 7.13. The second-order valence-corrected chi connectivity index (χ2v) is 4.09. The topological polar surface area (TPSA) is 76.7 Å². The Labute approximate surface area is 118 Å². The summed E-state index contributed by atoms with van der Waals surface area (Å²) in [6.07, 6.45) is 0.353. The van der Waals surface area contributed by atoms with E-state index in [0.717, 1.165) is 5.69 Å². The van der Waals surface area contributed by atoms with Gasteiger partial charge in [-0.1, -0.05) is 6.07 Å². The molecule has 1 rings (SSSR count). The maximum Gasteiger partial charge on any atom is 0.337 e. The van der Waals surface area contributed by atoms with E-state index in [1.54, 1.807) is 25.3 Å². The van der Waals surface area contributed by atoms with Crippen LogP contribution in [0.5, 0.6) is 0 Å². The van der Waals surface area contributed by atoms with Gasteiger partial charge < -0.3 is 20.1 Å². The van der Waals surface area contributed by atoms with Gasteiger partial charge >= 0.3 is 5.97 Å². The van der Waals surface area contributed by atoms with Crippen molar-refractivity contribution in [2.75, 3.05) is 39.2 Å². The Bertz CT molecular complexity index is 449. The van der Waals surface area contributed by atoms with Gasteiger partial charge in [-0.15, -0.1) is 0 Å². The van der Waals surface area contributed by atoms with Gasteiger partial charge in [-0.25, -0.2) is 4.79 Å². The highest BCUT2D eigenvalue weighted by atomic mass is 16.5. The molecule has 1 aromatic rings. The van der Waals surface area contributed by atoms with Crippen LogP contribution in [-0.4, -0.2) is 45.8 Å². The summed E-state index contributed by atoms with van der Waals surface area (Å²) in [5.74, 6) is -0.426. The van der Waals surface area contributed by atoms with Crippen LogP contribution in [0.25, 0.3) is 0 Å². The third kappa shape index (κ3) is 5.71.